The van der Waals surface area contributed by atoms with Gasteiger partial charge < -0.3 is 9.80 Å². The topological polar surface area (TPSA) is 88.8 Å². The number of fused-ring (bicyclic) bond motifs is 1. The summed E-state index contributed by atoms with van der Waals surface area (Å²) in [7, 11) is 0. The van der Waals surface area contributed by atoms with Crippen molar-refractivity contribution in [1.29, 1.82) is 0 Å². The number of hydrogen-bond acceptors (Lipinski definition) is 8. The lowest BCUT2D eigenvalue weighted by Crippen LogP contribution is -2.47. The van der Waals surface area contributed by atoms with Crippen molar-refractivity contribution >= 4 is 22.5 Å². The normalized spacial score (nSPS) is 14.6. The molecule has 4 aromatic heterocycles. The molecule has 4 aromatic rings. The maximum absolute atomic E-state index is 4.64. The summed E-state index contributed by atoms with van der Waals surface area (Å²) in [6.45, 7) is 5.33. The number of rotatable bonds is 3. The van der Waals surface area contributed by atoms with Gasteiger partial charge in [-0.2, -0.15) is 5.10 Å². The number of pyridine rings is 1. The Balaban J connectivity index is 1.38. The van der Waals surface area contributed by atoms with E-state index in [9.17, 15) is 0 Å². The van der Waals surface area contributed by atoms with Crippen LogP contribution in [0.25, 0.3) is 16.7 Å². The first-order valence-electron chi connectivity index (χ1n) is 9.18. The second kappa shape index (κ2) is 6.84. The van der Waals surface area contributed by atoms with E-state index in [1.807, 2.05) is 31.3 Å². The van der Waals surface area contributed by atoms with Crippen molar-refractivity contribution in [2.75, 3.05) is 36.0 Å². The second-order valence-electron chi connectivity index (χ2n) is 6.65. The minimum atomic E-state index is 0.736. The molecular weight excluding hydrogens is 354 g/mol. The van der Waals surface area contributed by atoms with Crippen LogP contribution in [0, 0.1) is 6.92 Å². The van der Waals surface area contributed by atoms with E-state index in [0.717, 1.165) is 60.4 Å². The molecule has 0 aliphatic carbocycles. The Morgan fingerprint density at radius 1 is 0.929 bits per heavy atom. The first-order chi connectivity index (χ1) is 13.8. The molecular formula is C19H19N9. The Labute approximate surface area is 161 Å². The van der Waals surface area contributed by atoms with E-state index < -0.39 is 0 Å². The van der Waals surface area contributed by atoms with Crippen molar-refractivity contribution in [3.05, 3.63) is 55.1 Å². The molecule has 1 saturated heterocycles. The molecule has 0 unspecified atom stereocenters. The molecule has 1 aliphatic heterocycles. The first-order valence-corrected chi connectivity index (χ1v) is 9.18. The van der Waals surface area contributed by atoms with Gasteiger partial charge in [0.2, 0.25) is 0 Å². The lowest BCUT2D eigenvalue weighted by molar-refractivity contribution is 0.640. The van der Waals surface area contributed by atoms with Crippen molar-refractivity contribution in [3.8, 4) is 5.82 Å². The van der Waals surface area contributed by atoms with Gasteiger partial charge in [0.15, 0.2) is 5.82 Å². The zero-order chi connectivity index (χ0) is 18.9. The van der Waals surface area contributed by atoms with Crippen LogP contribution in [0.1, 0.15) is 5.82 Å². The molecule has 28 heavy (non-hydrogen) atoms. The summed E-state index contributed by atoms with van der Waals surface area (Å²) in [5.74, 6) is 3.40. The Bertz CT molecular complexity index is 1100. The zero-order valence-electron chi connectivity index (χ0n) is 15.5. The lowest BCUT2D eigenvalue weighted by Gasteiger charge is -2.36. The number of aromatic nitrogens is 7. The van der Waals surface area contributed by atoms with Crippen molar-refractivity contribution < 1.29 is 0 Å². The molecule has 5 rings (SSSR count). The summed E-state index contributed by atoms with van der Waals surface area (Å²) in [6.07, 6.45) is 8.80. The number of piperazine rings is 1. The summed E-state index contributed by atoms with van der Waals surface area (Å²) in [4.78, 5) is 26.7. The molecule has 1 fully saturated rings. The maximum atomic E-state index is 4.64. The smallest absolute Gasteiger partial charge is 0.159 e. The summed E-state index contributed by atoms with van der Waals surface area (Å²) >= 11 is 0. The number of aryl methyl sites for hydroxylation is 1. The minimum Gasteiger partial charge on any atom is -0.353 e. The van der Waals surface area contributed by atoms with Crippen LogP contribution >= 0.6 is 0 Å². The van der Waals surface area contributed by atoms with Gasteiger partial charge in [-0.3, -0.25) is 4.98 Å². The van der Waals surface area contributed by atoms with Gasteiger partial charge in [-0.15, -0.1) is 0 Å². The first kappa shape index (κ1) is 16.5. The molecule has 0 aromatic carbocycles. The Kier molecular flexibility index (Phi) is 4.04. The third-order valence-corrected chi connectivity index (χ3v) is 4.87. The van der Waals surface area contributed by atoms with Crippen molar-refractivity contribution in [2.45, 2.75) is 6.92 Å². The largest absolute Gasteiger partial charge is 0.353 e. The van der Waals surface area contributed by atoms with Gasteiger partial charge in [0, 0.05) is 56.2 Å². The highest BCUT2D eigenvalue weighted by Gasteiger charge is 2.21. The van der Waals surface area contributed by atoms with E-state index in [4.69, 9.17) is 0 Å². The van der Waals surface area contributed by atoms with Crippen LogP contribution in [0.15, 0.2) is 49.3 Å². The SMILES string of the molecule is Cc1nc(N2CCN(c3ncnc4cnccc34)CC2)cc(-n2cccn2)n1. The summed E-state index contributed by atoms with van der Waals surface area (Å²) in [5, 5.41) is 5.31. The van der Waals surface area contributed by atoms with Crippen LogP contribution in [0.2, 0.25) is 0 Å². The molecule has 9 heteroatoms. The van der Waals surface area contributed by atoms with Gasteiger partial charge >= 0.3 is 0 Å². The molecule has 9 nitrogen and oxygen atoms in total. The fraction of sp³-hybridized carbons (Fsp3) is 0.263. The number of anilines is 2. The predicted octanol–water partition coefficient (Wildman–Crippen LogP) is 1.64. The van der Waals surface area contributed by atoms with E-state index in [0.29, 0.717) is 0 Å². The molecule has 1 aliphatic rings. The average molecular weight is 373 g/mol. The third-order valence-electron chi connectivity index (χ3n) is 4.87. The van der Waals surface area contributed by atoms with Crippen molar-refractivity contribution in [1.82, 2.24) is 34.7 Å². The summed E-state index contributed by atoms with van der Waals surface area (Å²) < 4.78 is 1.76. The van der Waals surface area contributed by atoms with Gasteiger partial charge in [0.25, 0.3) is 0 Å². The molecule has 0 bridgehead atoms. The number of nitrogens with zero attached hydrogens (tertiary/aromatic N) is 9. The van der Waals surface area contributed by atoms with Crippen LogP contribution in [-0.2, 0) is 0 Å². The zero-order valence-corrected chi connectivity index (χ0v) is 15.5. The van der Waals surface area contributed by atoms with E-state index in [2.05, 4.69) is 39.8 Å². The molecule has 0 amide bonds. The van der Waals surface area contributed by atoms with Crippen LogP contribution in [0.3, 0.4) is 0 Å². The lowest BCUT2D eigenvalue weighted by atomic mass is 10.2. The van der Waals surface area contributed by atoms with E-state index in [1.165, 1.54) is 0 Å². The van der Waals surface area contributed by atoms with Gasteiger partial charge in [-0.1, -0.05) is 0 Å². The van der Waals surface area contributed by atoms with E-state index >= 15 is 0 Å². The van der Waals surface area contributed by atoms with E-state index in [1.54, 1.807) is 29.6 Å². The standard InChI is InChI=1S/C19H19N9/c1-14-24-17(11-18(25-14)28-6-2-4-23-28)26-7-9-27(10-8-26)19-15-3-5-20-12-16(15)21-13-22-19/h2-6,11-13H,7-10H2,1H3. The molecule has 0 N–H and O–H groups in total. The third kappa shape index (κ3) is 3.00. The van der Waals surface area contributed by atoms with E-state index in [-0.39, 0.29) is 0 Å². The summed E-state index contributed by atoms with van der Waals surface area (Å²) in [6, 6.07) is 5.85. The fourth-order valence-corrected chi connectivity index (χ4v) is 3.51. The Morgan fingerprint density at radius 2 is 1.75 bits per heavy atom. The van der Waals surface area contributed by atoms with Crippen LogP contribution < -0.4 is 9.80 Å². The molecule has 0 saturated carbocycles. The average Bonchev–Trinajstić information content (AvgIpc) is 3.28. The highest BCUT2D eigenvalue weighted by Crippen LogP contribution is 2.24. The van der Waals surface area contributed by atoms with Gasteiger partial charge in [0.05, 0.1) is 11.7 Å². The quantitative estimate of drug-likeness (QED) is 0.535. The van der Waals surface area contributed by atoms with Gasteiger partial charge in [-0.25, -0.2) is 24.6 Å². The molecule has 5 heterocycles. The monoisotopic (exact) mass is 373 g/mol. The molecule has 0 spiro atoms. The molecule has 0 atom stereocenters. The second-order valence-corrected chi connectivity index (χ2v) is 6.65. The fourth-order valence-electron chi connectivity index (χ4n) is 3.51. The van der Waals surface area contributed by atoms with Crippen molar-refractivity contribution in [2.24, 2.45) is 0 Å². The minimum absolute atomic E-state index is 0.736. The maximum Gasteiger partial charge on any atom is 0.159 e. The predicted molar refractivity (Wildman–Crippen MR) is 106 cm³/mol. The Morgan fingerprint density at radius 3 is 2.57 bits per heavy atom. The highest BCUT2D eigenvalue weighted by molar-refractivity contribution is 5.88. The Hall–Kier alpha value is -3.62. The highest BCUT2D eigenvalue weighted by atomic mass is 15.3. The van der Waals surface area contributed by atoms with Crippen LogP contribution in [-0.4, -0.2) is 60.9 Å². The van der Waals surface area contributed by atoms with Gasteiger partial charge in [-0.05, 0) is 19.1 Å². The van der Waals surface area contributed by atoms with Gasteiger partial charge in [0.1, 0.15) is 23.8 Å². The van der Waals surface area contributed by atoms with Crippen molar-refractivity contribution in [3.63, 3.8) is 0 Å². The molecule has 140 valence electrons. The number of hydrogen-bond donors (Lipinski definition) is 0. The van der Waals surface area contributed by atoms with Crippen LogP contribution in [0.4, 0.5) is 11.6 Å². The van der Waals surface area contributed by atoms with Crippen LogP contribution in [0.5, 0.6) is 0 Å². The molecule has 0 radical (unpaired) electrons. The summed E-state index contributed by atoms with van der Waals surface area (Å²) in [5.41, 5.74) is 0.866.